The summed E-state index contributed by atoms with van der Waals surface area (Å²) < 4.78 is 0. The van der Waals surface area contributed by atoms with Gasteiger partial charge in [-0.1, -0.05) is 42.5 Å². The van der Waals surface area contributed by atoms with E-state index in [9.17, 15) is 19.2 Å². The van der Waals surface area contributed by atoms with E-state index in [0.29, 0.717) is 6.54 Å². The summed E-state index contributed by atoms with van der Waals surface area (Å²) >= 11 is 0. The molecule has 1 saturated carbocycles. The SMILES string of the molecule is O=C(Cc1ccccc1)NCCNC(=O)CN1C(=O)C2C3C=CC(C3)C2C1=O. The van der Waals surface area contributed by atoms with Crippen LogP contribution in [0, 0.1) is 23.7 Å². The number of imide groups is 1. The van der Waals surface area contributed by atoms with Crippen molar-refractivity contribution in [3.63, 3.8) is 0 Å². The molecule has 0 aromatic heterocycles. The highest BCUT2D eigenvalue weighted by atomic mass is 16.2. The van der Waals surface area contributed by atoms with Gasteiger partial charge in [-0.2, -0.15) is 0 Å². The third-order valence-corrected chi connectivity index (χ3v) is 5.84. The highest BCUT2D eigenvalue weighted by molar-refractivity contribution is 6.08. The minimum atomic E-state index is -0.390. The molecule has 2 bridgehead atoms. The van der Waals surface area contributed by atoms with Crippen molar-refractivity contribution in [2.24, 2.45) is 23.7 Å². The smallest absolute Gasteiger partial charge is 0.240 e. The zero-order chi connectivity index (χ0) is 19.7. The molecule has 4 amide bonds. The lowest BCUT2D eigenvalue weighted by atomic mass is 9.85. The third-order valence-electron chi connectivity index (χ3n) is 5.84. The Morgan fingerprint density at radius 2 is 1.46 bits per heavy atom. The Balaban J connectivity index is 1.19. The molecule has 0 spiro atoms. The summed E-state index contributed by atoms with van der Waals surface area (Å²) in [4.78, 5) is 50.2. The first-order valence-corrected chi connectivity index (χ1v) is 9.65. The fourth-order valence-electron chi connectivity index (χ4n) is 4.57. The molecule has 0 radical (unpaired) electrons. The number of rotatable bonds is 7. The lowest BCUT2D eigenvalue weighted by molar-refractivity contribution is -0.144. The van der Waals surface area contributed by atoms with Crippen molar-refractivity contribution < 1.29 is 19.2 Å². The van der Waals surface area contributed by atoms with Crippen LogP contribution in [0.25, 0.3) is 0 Å². The minimum Gasteiger partial charge on any atom is -0.354 e. The Bertz CT molecular complexity index is 805. The summed E-state index contributed by atoms with van der Waals surface area (Å²) in [5, 5.41) is 5.40. The van der Waals surface area contributed by atoms with Gasteiger partial charge < -0.3 is 10.6 Å². The van der Waals surface area contributed by atoms with Gasteiger partial charge in [0.2, 0.25) is 23.6 Å². The molecule has 7 heteroatoms. The van der Waals surface area contributed by atoms with Gasteiger partial charge in [-0.05, 0) is 23.8 Å². The first kappa shape index (κ1) is 18.4. The Hall–Kier alpha value is -2.96. The summed E-state index contributed by atoms with van der Waals surface area (Å²) in [5.41, 5.74) is 0.920. The Morgan fingerprint density at radius 1 is 0.893 bits per heavy atom. The van der Waals surface area contributed by atoms with Crippen LogP contribution in [0.1, 0.15) is 12.0 Å². The number of hydrogen-bond donors (Lipinski definition) is 2. The molecule has 7 nitrogen and oxygen atoms in total. The summed E-state index contributed by atoms with van der Waals surface area (Å²) in [6.45, 7) is 0.288. The fourth-order valence-corrected chi connectivity index (χ4v) is 4.57. The van der Waals surface area contributed by atoms with Crippen molar-refractivity contribution in [1.82, 2.24) is 15.5 Å². The van der Waals surface area contributed by atoms with Crippen LogP contribution in [0.15, 0.2) is 42.5 Å². The van der Waals surface area contributed by atoms with Gasteiger partial charge in [-0.15, -0.1) is 0 Å². The molecule has 3 aliphatic rings. The molecule has 1 heterocycles. The average molecular weight is 381 g/mol. The second-order valence-electron chi connectivity index (χ2n) is 7.62. The van der Waals surface area contributed by atoms with Crippen LogP contribution < -0.4 is 10.6 Å². The van der Waals surface area contributed by atoms with E-state index in [4.69, 9.17) is 0 Å². The molecular formula is C21H23N3O4. The lowest BCUT2D eigenvalue weighted by Crippen LogP contribution is -2.43. The molecule has 2 aliphatic carbocycles. The van der Waals surface area contributed by atoms with E-state index in [-0.39, 0.29) is 66.8 Å². The number of nitrogens with zero attached hydrogens (tertiary/aromatic N) is 1. The van der Waals surface area contributed by atoms with Crippen molar-refractivity contribution in [3.05, 3.63) is 48.0 Å². The maximum atomic E-state index is 12.5. The summed E-state index contributed by atoms with van der Waals surface area (Å²) in [7, 11) is 0. The maximum Gasteiger partial charge on any atom is 0.240 e. The quantitative estimate of drug-likeness (QED) is 0.403. The van der Waals surface area contributed by atoms with Gasteiger partial charge in [0.05, 0.1) is 18.3 Å². The number of nitrogens with one attached hydrogen (secondary N) is 2. The predicted octanol–water partition coefficient (Wildman–Crippen LogP) is 0.269. The van der Waals surface area contributed by atoms with E-state index >= 15 is 0 Å². The van der Waals surface area contributed by atoms with Crippen LogP contribution in [0.5, 0.6) is 0 Å². The Labute approximate surface area is 163 Å². The van der Waals surface area contributed by atoms with E-state index in [1.807, 2.05) is 42.5 Å². The van der Waals surface area contributed by atoms with Gasteiger partial charge >= 0.3 is 0 Å². The first-order valence-electron chi connectivity index (χ1n) is 9.65. The first-order chi connectivity index (χ1) is 13.5. The Morgan fingerprint density at radius 3 is 2.07 bits per heavy atom. The van der Waals surface area contributed by atoms with Crippen molar-refractivity contribution in [1.29, 1.82) is 0 Å². The second kappa shape index (κ2) is 7.58. The number of carbonyl (C=O) groups excluding carboxylic acids is 4. The summed E-state index contributed by atoms with van der Waals surface area (Å²) in [6.07, 6.45) is 5.21. The van der Waals surface area contributed by atoms with E-state index in [0.717, 1.165) is 16.9 Å². The van der Waals surface area contributed by atoms with Crippen molar-refractivity contribution in [2.45, 2.75) is 12.8 Å². The zero-order valence-corrected chi connectivity index (χ0v) is 15.5. The lowest BCUT2D eigenvalue weighted by Gasteiger charge is -2.16. The van der Waals surface area contributed by atoms with Crippen LogP contribution in [0.4, 0.5) is 0 Å². The second-order valence-corrected chi connectivity index (χ2v) is 7.62. The predicted molar refractivity (Wildman–Crippen MR) is 101 cm³/mol. The average Bonchev–Trinajstić information content (AvgIpc) is 3.36. The van der Waals surface area contributed by atoms with Gasteiger partial charge in [0.25, 0.3) is 0 Å². The van der Waals surface area contributed by atoms with Crippen molar-refractivity contribution in [2.75, 3.05) is 19.6 Å². The molecule has 1 saturated heterocycles. The highest BCUT2D eigenvalue weighted by Gasteiger charge is 2.59. The number of hydrogen-bond acceptors (Lipinski definition) is 4. The van der Waals surface area contributed by atoms with Crippen LogP contribution in [0.3, 0.4) is 0 Å². The van der Waals surface area contributed by atoms with E-state index < -0.39 is 0 Å². The van der Waals surface area contributed by atoms with E-state index in [1.165, 1.54) is 0 Å². The van der Waals surface area contributed by atoms with Crippen LogP contribution in [-0.4, -0.2) is 48.2 Å². The maximum absolute atomic E-state index is 12.5. The molecule has 146 valence electrons. The molecule has 28 heavy (non-hydrogen) atoms. The fraction of sp³-hybridized carbons (Fsp3) is 0.429. The van der Waals surface area contributed by atoms with Gasteiger partial charge in [0.15, 0.2) is 0 Å². The standard InChI is InChI=1S/C21H23N3O4/c25-16(10-13-4-2-1-3-5-13)22-8-9-23-17(26)12-24-20(27)18-14-6-7-15(11-14)19(18)21(24)28/h1-7,14-15,18-19H,8-12H2,(H,22,25)(H,23,26). The molecule has 4 atom stereocenters. The van der Waals surface area contributed by atoms with Crippen LogP contribution >= 0.6 is 0 Å². The molecule has 4 rings (SSSR count). The molecule has 1 aromatic rings. The number of likely N-dealkylation sites (tertiary alicyclic amines) is 1. The number of fused-ring (bicyclic) bond motifs is 5. The topological polar surface area (TPSA) is 95.6 Å². The minimum absolute atomic E-state index is 0.124. The van der Waals surface area contributed by atoms with Crippen LogP contribution in [-0.2, 0) is 25.6 Å². The van der Waals surface area contributed by atoms with Gasteiger partial charge in [-0.25, -0.2) is 0 Å². The van der Waals surface area contributed by atoms with Gasteiger partial charge in [-0.3, -0.25) is 24.1 Å². The molecule has 1 aromatic carbocycles. The van der Waals surface area contributed by atoms with Crippen molar-refractivity contribution >= 4 is 23.6 Å². The zero-order valence-electron chi connectivity index (χ0n) is 15.5. The van der Waals surface area contributed by atoms with Crippen molar-refractivity contribution in [3.8, 4) is 0 Å². The van der Waals surface area contributed by atoms with Gasteiger partial charge in [0, 0.05) is 13.1 Å². The van der Waals surface area contributed by atoms with E-state index in [2.05, 4.69) is 10.6 Å². The molecule has 4 unspecified atom stereocenters. The number of carbonyl (C=O) groups is 4. The van der Waals surface area contributed by atoms with Crippen LogP contribution in [0.2, 0.25) is 0 Å². The number of amides is 4. The monoisotopic (exact) mass is 381 g/mol. The summed E-state index contributed by atoms with van der Waals surface area (Å²) in [6, 6.07) is 9.39. The van der Waals surface area contributed by atoms with Gasteiger partial charge in [0.1, 0.15) is 6.54 Å². The molecule has 2 fully saturated rings. The normalized spacial score (nSPS) is 27.2. The number of benzene rings is 1. The molecule has 1 aliphatic heterocycles. The highest BCUT2D eigenvalue weighted by Crippen LogP contribution is 2.52. The Kier molecular flexibility index (Phi) is 4.98. The molecule has 2 N–H and O–H groups in total. The summed E-state index contributed by atoms with van der Waals surface area (Å²) in [5.74, 6) is -1.25. The van der Waals surface area contributed by atoms with E-state index in [1.54, 1.807) is 0 Å². The molecular weight excluding hydrogens is 358 g/mol. The third kappa shape index (κ3) is 3.44. The number of allylic oxidation sites excluding steroid dienone is 2. The largest absolute Gasteiger partial charge is 0.354 e.